The second kappa shape index (κ2) is 5.86. The van der Waals surface area contributed by atoms with Gasteiger partial charge in [-0.1, -0.05) is 0 Å². The molecular formula is C18H17FN4S2. The van der Waals surface area contributed by atoms with Gasteiger partial charge in [0.15, 0.2) is 5.82 Å². The zero-order valence-electron chi connectivity index (χ0n) is 13.8. The molecule has 1 saturated heterocycles. The molecule has 7 heteroatoms. The summed E-state index contributed by atoms with van der Waals surface area (Å²) in [6, 6.07) is 5.74. The molecule has 1 aromatic carbocycles. The molecule has 0 aliphatic carbocycles. The molecule has 128 valence electrons. The molecule has 0 bridgehead atoms. The van der Waals surface area contributed by atoms with Crippen LogP contribution in [-0.2, 0) is 0 Å². The second-order valence-electron chi connectivity index (χ2n) is 6.51. The molecule has 0 atom stereocenters. The standard InChI is InChI=1S/C18H17FN4S2/c1-10-21-17-14(19)7-13(8-16(17)24-10)23-9-12-6-15(25-18(12)22-23)11-2-4-20-5-3-11/h6-9,11,20H,2-5H2,1H3. The molecule has 5 rings (SSSR count). The Hall–Kier alpha value is -1.83. The highest BCUT2D eigenvalue weighted by molar-refractivity contribution is 7.19. The van der Waals surface area contributed by atoms with Crippen LogP contribution in [0.15, 0.2) is 24.4 Å². The average molecular weight is 372 g/mol. The van der Waals surface area contributed by atoms with Crippen molar-refractivity contribution >= 4 is 43.1 Å². The number of hydrogen-bond acceptors (Lipinski definition) is 5. The number of benzene rings is 1. The molecule has 1 N–H and O–H groups in total. The molecule has 0 spiro atoms. The smallest absolute Gasteiger partial charge is 0.152 e. The van der Waals surface area contributed by atoms with Gasteiger partial charge in [0.25, 0.3) is 0 Å². The Labute approximate surface area is 152 Å². The van der Waals surface area contributed by atoms with Gasteiger partial charge in [-0.25, -0.2) is 14.1 Å². The SMILES string of the molecule is Cc1nc2c(F)cc(-n3cc4cc(C5CCNCC5)sc4n3)cc2s1. The number of piperidine rings is 1. The molecule has 1 fully saturated rings. The number of halogens is 1. The molecule has 4 heterocycles. The normalized spacial score (nSPS) is 16.2. The van der Waals surface area contributed by atoms with Crippen LogP contribution in [0.3, 0.4) is 0 Å². The Morgan fingerprint density at radius 1 is 1.20 bits per heavy atom. The maximum atomic E-state index is 14.3. The fourth-order valence-electron chi connectivity index (χ4n) is 3.50. The molecule has 0 radical (unpaired) electrons. The van der Waals surface area contributed by atoms with E-state index in [4.69, 9.17) is 5.10 Å². The Balaban J connectivity index is 1.53. The minimum absolute atomic E-state index is 0.286. The number of nitrogens with zero attached hydrogens (tertiary/aromatic N) is 3. The lowest BCUT2D eigenvalue weighted by molar-refractivity contribution is 0.465. The fourth-order valence-corrected chi connectivity index (χ4v) is 5.55. The van der Waals surface area contributed by atoms with E-state index in [0.717, 1.165) is 38.7 Å². The summed E-state index contributed by atoms with van der Waals surface area (Å²) in [7, 11) is 0. The summed E-state index contributed by atoms with van der Waals surface area (Å²) in [5.74, 6) is 0.356. The van der Waals surface area contributed by atoms with Crippen LogP contribution in [-0.4, -0.2) is 27.9 Å². The van der Waals surface area contributed by atoms with Gasteiger partial charge >= 0.3 is 0 Å². The van der Waals surface area contributed by atoms with E-state index in [9.17, 15) is 4.39 Å². The van der Waals surface area contributed by atoms with Gasteiger partial charge in [0.2, 0.25) is 0 Å². The first kappa shape index (κ1) is 15.4. The number of thiazole rings is 1. The summed E-state index contributed by atoms with van der Waals surface area (Å²) in [6.07, 6.45) is 4.39. The van der Waals surface area contributed by atoms with Gasteiger partial charge < -0.3 is 5.32 Å². The Morgan fingerprint density at radius 3 is 2.84 bits per heavy atom. The van der Waals surface area contributed by atoms with Gasteiger partial charge in [-0.15, -0.1) is 22.7 Å². The van der Waals surface area contributed by atoms with Crippen molar-refractivity contribution in [2.75, 3.05) is 13.1 Å². The molecule has 0 unspecified atom stereocenters. The Morgan fingerprint density at radius 2 is 2.04 bits per heavy atom. The van der Waals surface area contributed by atoms with E-state index >= 15 is 0 Å². The maximum absolute atomic E-state index is 14.3. The fraction of sp³-hybridized carbons (Fsp3) is 0.333. The third kappa shape index (κ3) is 2.67. The number of aromatic nitrogens is 3. The van der Waals surface area contributed by atoms with Crippen LogP contribution in [0.25, 0.3) is 26.1 Å². The van der Waals surface area contributed by atoms with Gasteiger partial charge in [-0.05, 0) is 50.9 Å². The van der Waals surface area contributed by atoms with Crippen LogP contribution in [0.4, 0.5) is 4.39 Å². The minimum atomic E-state index is -0.286. The van der Waals surface area contributed by atoms with Crippen molar-refractivity contribution in [1.82, 2.24) is 20.1 Å². The number of hydrogen-bond donors (Lipinski definition) is 1. The van der Waals surface area contributed by atoms with Crippen molar-refractivity contribution in [1.29, 1.82) is 0 Å². The molecule has 4 aromatic rings. The third-order valence-electron chi connectivity index (χ3n) is 4.77. The van der Waals surface area contributed by atoms with Gasteiger partial charge in [0, 0.05) is 22.5 Å². The molecule has 1 aliphatic rings. The first-order valence-corrected chi connectivity index (χ1v) is 10.1. The summed E-state index contributed by atoms with van der Waals surface area (Å²) in [6.45, 7) is 4.08. The summed E-state index contributed by atoms with van der Waals surface area (Å²) < 4.78 is 17.0. The molecule has 3 aromatic heterocycles. The van der Waals surface area contributed by atoms with Crippen molar-refractivity contribution in [3.05, 3.63) is 40.1 Å². The first-order chi connectivity index (χ1) is 12.2. The summed E-state index contributed by atoms with van der Waals surface area (Å²) in [5, 5.41) is 10.1. The maximum Gasteiger partial charge on any atom is 0.152 e. The minimum Gasteiger partial charge on any atom is -0.317 e. The molecule has 0 amide bonds. The highest BCUT2D eigenvalue weighted by Crippen LogP contribution is 2.35. The number of rotatable bonds is 2. The number of fused-ring (bicyclic) bond motifs is 2. The van der Waals surface area contributed by atoms with Crippen LogP contribution in [0, 0.1) is 12.7 Å². The van der Waals surface area contributed by atoms with E-state index < -0.39 is 0 Å². The summed E-state index contributed by atoms with van der Waals surface area (Å²) in [5.41, 5.74) is 1.20. The van der Waals surface area contributed by atoms with Gasteiger partial charge in [0.05, 0.1) is 15.4 Å². The van der Waals surface area contributed by atoms with E-state index in [2.05, 4.69) is 16.4 Å². The Kier molecular flexibility index (Phi) is 3.62. The molecule has 1 aliphatic heterocycles. The third-order valence-corrected chi connectivity index (χ3v) is 6.88. The number of aryl methyl sites for hydroxylation is 1. The van der Waals surface area contributed by atoms with E-state index in [-0.39, 0.29) is 5.82 Å². The zero-order valence-corrected chi connectivity index (χ0v) is 15.4. The van der Waals surface area contributed by atoms with Crippen molar-refractivity contribution < 1.29 is 4.39 Å². The topological polar surface area (TPSA) is 42.7 Å². The van der Waals surface area contributed by atoms with Crippen LogP contribution in [0.1, 0.15) is 28.6 Å². The van der Waals surface area contributed by atoms with Crippen LogP contribution in [0.5, 0.6) is 0 Å². The van der Waals surface area contributed by atoms with E-state index in [1.165, 1.54) is 35.1 Å². The Bertz CT molecular complexity index is 1040. The lowest BCUT2D eigenvalue weighted by atomic mass is 9.96. The van der Waals surface area contributed by atoms with E-state index in [1.54, 1.807) is 16.0 Å². The molecule has 25 heavy (non-hydrogen) atoms. The zero-order chi connectivity index (χ0) is 17.0. The highest BCUT2D eigenvalue weighted by atomic mass is 32.1. The predicted octanol–water partition coefficient (Wildman–Crippen LogP) is 4.61. The lowest BCUT2D eigenvalue weighted by Gasteiger charge is -2.21. The first-order valence-electron chi connectivity index (χ1n) is 8.44. The predicted molar refractivity (Wildman–Crippen MR) is 102 cm³/mol. The molecule has 4 nitrogen and oxygen atoms in total. The second-order valence-corrected chi connectivity index (χ2v) is 8.81. The van der Waals surface area contributed by atoms with E-state index in [0.29, 0.717) is 11.4 Å². The van der Waals surface area contributed by atoms with Crippen molar-refractivity contribution in [2.45, 2.75) is 25.7 Å². The van der Waals surface area contributed by atoms with Crippen molar-refractivity contribution in [3.8, 4) is 5.69 Å². The largest absolute Gasteiger partial charge is 0.317 e. The summed E-state index contributed by atoms with van der Waals surface area (Å²) >= 11 is 3.28. The number of thiophene rings is 1. The van der Waals surface area contributed by atoms with Crippen LogP contribution < -0.4 is 5.32 Å². The van der Waals surface area contributed by atoms with Gasteiger partial charge in [-0.2, -0.15) is 5.10 Å². The number of nitrogens with one attached hydrogen (secondary N) is 1. The average Bonchev–Trinajstić information content (AvgIpc) is 3.27. The molecule has 0 saturated carbocycles. The highest BCUT2D eigenvalue weighted by Gasteiger charge is 2.19. The van der Waals surface area contributed by atoms with Crippen molar-refractivity contribution in [3.63, 3.8) is 0 Å². The monoisotopic (exact) mass is 372 g/mol. The van der Waals surface area contributed by atoms with Gasteiger partial charge in [-0.3, -0.25) is 0 Å². The van der Waals surface area contributed by atoms with Crippen LogP contribution >= 0.6 is 22.7 Å². The van der Waals surface area contributed by atoms with Crippen molar-refractivity contribution in [2.24, 2.45) is 0 Å². The lowest BCUT2D eigenvalue weighted by Crippen LogP contribution is -2.26. The van der Waals surface area contributed by atoms with Gasteiger partial charge in [0.1, 0.15) is 10.3 Å². The van der Waals surface area contributed by atoms with Crippen LogP contribution in [0.2, 0.25) is 0 Å². The molecular weight excluding hydrogens is 355 g/mol. The quantitative estimate of drug-likeness (QED) is 0.559. The summed E-state index contributed by atoms with van der Waals surface area (Å²) in [4.78, 5) is 6.70. The van der Waals surface area contributed by atoms with E-state index in [1.807, 2.05) is 19.2 Å².